The standard InChI is InChI=1S/C18H26N2S/c1-19-10-7-15(8-11-19)9-12-20(2)14-17-13-16-5-3-4-6-18(16)21-17/h3-6,13,15H,7-12,14H2,1-2H3. The molecule has 0 aliphatic carbocycles. The lowest BCUT2D eigenvalue weighted by molar-refractivity contribution is 0.194. The molecule has 114 valence electrons. The van der Waals surface area contributed by atoms with Crippen molar-refractivity contribution >= 4 is 21.4 Å². The van der Waals surface area contributed by atoms with Crippen LogP contribution in [0.15, 0.2) is 30.3 Å². The van der Waals surface area contributed by atoms with Gasteiger partial charge < -0.3 is 9.80 Å². The maximum atomic E-state index is 2.49. The summed E-state index contributed by atoms with van der Waals surface area (Å²) in [5, 5.41) is 1.39. The smallest absolute Gasteiger partial charge is 0.0346 e. The van der Waals surface area contributed by atoms with Crippen molar-refractivity contribution in [3.8, 4) is 0 Å². The van der Waals surface area contributed by atoms with Crippen molar-refractivity contribution in [3.63, 3.8) is 0 Å². The van der Waals surface area contributed by atoms with Crippen LogP contribution in [0, 0.1) is 5.92 Å². The molecule has 1 aliphatic heterocycles. The van der Waals surface area contributed by atoms with Crippen LogP contribution in [0.3, 0.4) is 0 Å². The number of piperidine rings is 1. The number of hydrogen-bond acceptors (Lipinski definition) is 3. The third-order valence-corrected chi connectivity index (χ3v) is 5.76. The molecule has 1 fully saturated rings. The first-order chi connectivity index (χ1) is 10.2. The van der Waals surface area contributed by atoms with E-state index in [0.717, 1.165) is 12.5 Å². The van der Waals surface area contributed by atoms with Gasteiger partial charge in [0, 0.05) is 16.1 Å². The van der Waals surface area contributed by atoms with Crippen LogP contribution in [-0.4, -0.2) is 43.5 Å². The van der Waals surface area contributed by atoms with Gasteiger partial charge in [-0.1, -0.05) is 18.2 Å². The Hall–Kier alpha value is -0.900. The average molecular weight is 302 g/mol. The topological polar surface area (TPSA) is 6.48 Å². The molecule has 0 bridgehead atoms. The van der Waals surface area contributed by atoms with E-state index in [-0.39, 0.29) is 0 Å². The van der Waals surface area contributed by atoms with Crippen LogP contribution in [0.1, 0.15) is 24.1 Å². The Labute approximate surface area is 132 Å². The number of hydrogen-bond donors (Lipinski definition) is 0. The molecule has 0 N–H and O–H groups in total. The van der Waals surface area contributed by atoms with Gasteiger partial charge in [-0.2, -0.15) is 0 Å². The molecular formula is C18H26N2S. The molecule has 2 heterocycles. The fraction of sp³-hybridized carbons (Fsp3) is 0.556. The molecule has 0 spiro atoms. The van der Waals surface area contributed by atoms with Crippen molar-refractivity contribution in [1.82, 2.24) is 9.80 Å². The maximum absolute atomic E-state index is 2.49. The van der Waals surface area contributed by atoms with E-state index in [1.807, 2.05) is 11.3 Å². The second-order valence-electron chi connectivity index (χ2n) is 6.52. The van der Waals surface area contributed by atoms with E-state index in [4.69, 9.17) is 0 Å². The summed E-state index contributed by atoms with van der Waals surface area (Å²) in [5.74, 6) is 0.936. The Balaban J connectivity index is 1.48. The zero-order chi connectivity index (χ0) is 14.7. The van der Waals surface area contributed by atoms with E-state index in [2.05, 4.69) is 54.2 Å². The number of likely N-dealkylation sites (tertiary alicyclic amines) is 1. The van der Waals surface area contributed by atoms with Crippen molar-refractivity contribution < 1.29 is 0 Å². The lowest BCUT2D eigenvalue weighted by atomic mass is 9.94. The summed E-state index contributed by atoms with van der Waals surface area (Å²) < 4.78 is 1.41. The van der Waals surface area contributed by atoms with Gasteiger partial charge in [-0.05, 0) is 76.4 Å². The molecule has 0 amide bonds. The minimum atomic E-state index is 0.936. The molecule has 0 unspecified atom stereocenters. The van der Waals surface area contributed by atoms with Crippen LogP contribution >= 0.6 is 11.3 Å². The van der Waals surface area contributed by atoms with Crippen molar-refractivity contribution in [3.05, 3.63) is 35.2 Å². The highest BCUT2D eigenvalue weighted by molar-refractivity contribution is 7.19. The van der Waals surface area contributed by atoms with Crippen molar-refractivity contribution in [2.24, 2.45) is 5.92 Å². The van der Waals surface area contributed by atoms with Gasteiger partial charge in [0.2, 0.25) is 0 Å². The van der Waals surface area contributed by atoms with Gasteiger partial charge >= 0.3 is 0 Å². The highest BCUT2D eigenvalue weighted by Crippen LogP contribution is 2.26. The fourth-order valence-corrected chi connectivity index (χ4v) is 4.36. The van der Waals surface area contributed by atoms with E-state index >= 15 is 0 Å². The van der Waals surface area contributed by atoms with Crippen LogP contribution < -0.4 is 0 Å². The van der Waals surface area contributed by atoms with Gasteiger partial charge in [-0.15, -0.1) is 11.3 Å². The maximum Gasteiger partial charge on any atom is 0.0346 e. The molecule has 1 aromatic heterocycles. The first-order valence-electron chi connectivity index (χ1n) is 8.05. The van der Waals surface area contributed by atoms with E-state index in [0.29, 0.717) is 0 Å². The summed E-state index contributed by atoms with van der Waals surface area (Å²) in [4.78, 5) is 6.43. The van der Waals surface area contributed by atoms with Gasteiger partial charge in [0.05, 0.1) is 0 Å². The van der Waals surface area contributed by atoms with Gasteiger partial charge in [0.25, 0.3) is 0 Å². The van der Waals surface area contributed by atoms with Gasteiger partial charge in [-0.25, -0.2) is 0 Å². The number of fused-ring (bicyclic) bond motifs is 1. The van der Waals surface area contributed by atoms with Crippen LogP contribution in [0.4, 0.5) is 0 Å². The van der Waals surface area contributed by atoms with E-state index in [1.54, 1.807) is 0 Å². The van der Waals surface area contributed by atoms with Crippen LogP contribution in [0.2, 0.25) is 0 Å². The predicted molar refractivity (Wildman–Crippen MR) is 93.0 cm³/mol. The zero-order valence-corrected chi connectivity index (χ0v) is 14.0. The molecule has 3 heteroatoms. The lowest BCUT2D eigenvalue weighted by Gasteiger charge is -2.30. The van der Waals surface area contributed by atoms with Crippen LogP contribution in [0.25, 0.3) is 10.1 Å². The van der Waals surface area contributed by atoms with Crippen molar-refractivity contribution in [1.29, 1.82) is 0 Å². The largest absolute Gasteiger partial charge is 0.306 e. The first-order valence-corrected chi connectivity index (χ1v) is 8.87. The van der Waals surface area contributed by atoms with Crippen LogP contribution in [-0.2, 0) is 6.54 Å². The van der Waals surface area contributed by atoms with Crippen LogP contribution in [0.5, 0.6) is 0 Å². The van der Waals surface area contributed by atoms with Crippen molar-refractivity contribution in [2.45, 2.75) is 25.8 Å². The molecule has 1 saturated heterocycles. The molecule has 1 aliphatic rings. The Morgan fingerprint density at radius 1 is 1.24 bits per heavy atom. The summed E-state index contributed by atoms with van der Waals surface area (Å²) in [5.41, 5.74) is 0. The molecular weight excluding hydrogens is 276 g/mol. The Bertz CT molecular complexity index is 536. The highest BCUT2D eigenvalue weighted by Gasteiger charge is 2.17. The summed E-state index contributed by atoms with van der Waals surface area (Å²) >= 11 is 1.94. The SMILES string of the molecule is CN1CCC(CCN(C)Cc2cc3ccccc3s2)CC1. The molecule has 0 radical (unpaired) electrons. The van der Waals surface area contributed by atoms with Gasteiger partial charge in [0.1, 0.15) is 0 Å². The molecule has 0 atom stereocenters. The number of rotatable bonds is 5. The van der Waals surface area contributed by atoms with E-state index < -0.39 is 0 Å². The second kappa shape index (κ2) is 6.91. The predicted octanol–water partition coefficient (Wildman–Crippen LogP) is 4.07. The number of nitrogens with zero attached hydrogens (tertiary/aromatic N) is 2. The molecule has 0 saturated carbocycles. The quantitative estimate of drug-likeness (QED) is 0.821. The lowest BCUT2D eigenvalue weighted by Crippen LogP contribution is -2.31. The second-order valence-corrected chi connectivity index (χ2v) is 7.69. The average Bonchev–Trinajstić information content (AvgIpc) is 2.88. The van der Waals surface area contributed by atoms with Crippen molar-refractivity contribution in [2.75, 3.05) is 33.7 Å². The number of thiophene rings is 1. The number of benzene rings is 1. The third kappa shape index (κ3) is 4.06. The van der Waals surface area contributed by atoms with E-state index in [9.17, 15) is 0 Å². The zero-order valence-electron chi connectivity index (χ0n) is 13.2. The summed E-state index contributed by atoms with van der Waals surface area (Å²) in [6, 6.07) is 11.1. The molecule has 21 heavy (non-hydrogen) atoms. The monoisotopic (exact) mass is 302 g/mol. The normalized spacial score (nSPS) is 17.9. The van der Waals surface area contributed by atoms with Gasteiger partial charge in [0.15, 0.2) is 0 Å². The summed E-state index contributed by atoms with van der Waals surface area (Å²) in [6.07, 6.45) is 4.12. The molecule has 3 rings (SSSR count). The fourth-order valence-electron chi connectivity index (χ4n) is 3.21. The van der Waals surface area contributed by atoms with E-state index in [1.165, 1.54) is 53.9 Å². The summed E-state index contributed by atoms with van der Waals surface area (Å²) in [6.45, 7) is 4.88. The molecule has 2 nitrogen and oxygen atoms in total. The minimum absolute atomic E-state index is 0.936. The Morgan fingerprint density at radius 2 is 2.00 bits per heavy atom. The minimum Gasteiger partial charge on any atom is -0.306 e. The molecule has 2 aromatic rings. The molecule has 1 aromatic carbocycles. The Morgan fingerprint density at radius 3 is 2.76 bits per heavy atom. The van der Waals surface area contributed by atoms with Gasteiger partial charge in [-0.3, -0.25) is 0 Å². The third-order valence-electron chi connectivity index (χ3n) is 4.66. The first kappa shape index (κ1) is 15.0. The summed E-state index contributed by atoms with van der Waals surface area (Å²) in [7, 11) is 4.50. The highest BCUT2D eigenvalue weighted by atomic mass is 32.1. The Kier molecular flexibility index (Phi) is 4.94.